The molecule has 1 atom stereocenters. The predicted octanol–water partition coefficient (Wildman–Crippen LogP) is 4.35. The van der Waals surface area contributed by atoms with E-state index in [0.717, 1.165) is 42.9 Å². The average Bonchev–Trinajstić information content (AvgIpc) is 3.23. The van der Waals surface area contributed by atoms with E-state index >= 15 is 0 Å². The van der Waals surface area contributed by atoms with Crippen molar-refractivity contribution < 1.29 is 4.79 Å². The smallest absolute Gasteiger partial charge is 0.253 e. The monoisotopic (exact) mass is 371 g/mol. The van der Waals surface area contributed by atoms with Gasteiger partial charge in [0.2, 0.25) is 0 Å². The van der Waals surface area contributed by atoms with Crippen molar-refractivity contribution in [2.75, 3.05) is 31.6 Å². The first-order valence-corrected chi connectivity index (χ1v) is 9.77. The molecule has 1 aromatic heterocycles. The van der Waals surface area contributed by atoms with Crippen LogP contribution in [-0.4, -0.2) is 42.5 Å². The van der Waals surface area contributed by atoms with Crippen LogP contribution < -0.4 is 4.90 Å². The second kappa shape index (κ2) is 8.26. The van der Waals surface area contributed by atoms with Gasteiger partial charge in [0.1, 0.15) is 0 Å². The van der Waals surface area contributed by atoms with Gasteiger partial charge in [0.25, 0.3) is 5.91 Å². The van der Waals surface area contributed by atoms with E-state index < -0.39 is 0 Å². The number of aromatic nitrogens is 1. The Kier molecular flexibility index (Phi) is 5.38. The molecular weight excluding hydrogens is 346 g/mol. The molecule has 0 saturated carbocycles. The van der Waals surface area contributed by atoms with E-state index in [0.29, 0.717) is 5.92 Å². The number of carbonyl (C=O) groups excluding carboxylic acids is 1. The number of nitrogens with zero attached hydrogens (tertiary/aromatic N) is 3. The van der Waals surface area contributed by atoms with E-state index in [-0.39, 0.29) is 5.91 Å². The van der Waals surface area contributed by atoms with Crippen molar-refractivity contribution in [3.63, 3.8) is 0 Å². The fourth-order valence-electron chi connectivity index (χ4n) is 3.86. The van der Waals surface area contributed by atoms with Crippen LogP contribution in [0.15, 0.2) is 79.0 Å². The van der Waals surface area contributed by atoms with E-state index in [9.17, 15) is 4.79 Å². The van der Waals surface area contributed by atoms with Gasteiger partial charge in [0.05, 0.1) is 5.69 Å². The largest absolute Gasteiger partial charge is 0.371 e. The van der Waals surface area contributed by atoms with Crippen molar-refractivity contribution in [1.82, 2.24) is 9.88 Å². The third-order valence-corrected chi connectivity index (χ3v) is 5.38. The first kappa shape index (κ1) is 18.2. The maximum atomic E-state index is 12.8. The predicted molar refractivity (Wildman–Crippen MR) is 113 cm³/mol. The number of hydrogen-bond donors (Lipinski definition) is 0. The van der Waals surface area contributed by atoms with Crippen LogP contribution in [0.25, 0.3) is 11.3 Å². The molecule has 0 unspecified atom stereocenters. The second-order valence-electron chi connectivity index (χ2n) is 7.41. The van der Waals surface area contributed by atoms with Gasteiger partial charge in [-0.15, -0.1) is 0 Å². The summed E-state index contributed by atoms with van der Waals surface area (Å²) in [5.74, 6) is 0.577. The third kappa shape index (κ3) is 4.06. The topological polar surface area (TPSA) is 36.4 Å². The van der Waals surface area contributed by atoms with Crippen LogP contribution in [0.4, 0.5) is 5.69 Å². The number of amides is 1. The lowest BCUT2D eigenvalue weighted by molar-refractivity contribution is 0.0776. The van der Waals surface area contributed by atoms with Gasteiger partial charge in [0, 0.05) is 49.7 Å². The molecule has 2 aromatic carbocycles. The quantitative estimate of drug-likeness (QED) is 0.669. The minimum atomic E-state index is 0.0748. The van der Waals surface area contributed by atoms with E-state index in [2.05, 4.69) is 34.1 Å². The molecule has 0 bridgehead atoms. The Morgan fingerprint density at radius 1 is 1.04 bits per heavy atom. The van der Waals surface area contributed by atoms with Crippen molar-refractivity contribution in [3.8, 4) is 11.3 Å². The highest BCUT2D eigenvalue weighted by molar-refractivity contribution is 5.94. The van der Waals surface area contributed by atoms with Crippen molar-refractivity contribution in [1.29, 1.82) is 0 Å². The molecule has 1 amide bonds. The van der Waals surface area contributed by atoms with Gasteiger partial charge >= 0.3 is 0 Å². The SMILES string of the molecule is CN(C[C@@H]1CCN(c2ccccc2)C1)C(=O)c1ccc(-c2ccccn2)cc1. The molecular formula is C24H25N3O. The lowest BCUT2D eigenvalue weighted by Crippen LogP contribution is -2.33. The van der Waals surface area contributed by atoms with Crippen LogP contribution in [0.2, 0.25) is 0 Å². The van der Waals surface area contributed by atoms with Gasteiger partial charge < -0.3 is 9.80 Å². The van der Waals surface area contributed by atoms with Gasteiger partial charge in [-0.05, 0) is 48.7 Å². The van der Waals surface area contributed by atoms with Crippen LogP contribution in [-0.2, 0) is 0 Å². The Labute approximate surface area is 166 Å². The number of hydrogen-bond acceptors (Lipinski definition) is 3. The van der Waals surface area contributed by atoms with Crippen LogP contribution in [0.3, 0.4) is 0 Å². The number of pyridine rings is 1. The lowest BCUT2D eigenvalue weighted by atomic mass is 10.1. The van der Waals surface area contributed by atoms with Gasteiger partial charge in [0.15, 0.2) is 0 Å². The Morgan fingerprint density at radius 3 is 2.50 bits per heavy atom. The molecule has 3 aromatic rings. The highest BCUT2D eigenvalue weighted by Crippen LogP contribution is 2.24. The number of benzene rings is 2. The second-order valence-corrected chi connectivity index (χ2v) is 7.41. The fourth-order valence-corrected chi connectivity index (χ4v) is 3.86. The van der Waals surface area contributed by atoms with Crippen LogP contribution in [0.5, 0.6) is 0 Å². The van der Waals surface area contributed by atoms with Crippen molar-refractivity contribution in [2.45, 2.75) is 6.42 Å². The zero-order chi connectivity index (χ0) is 19.3. The summed E-state index contributed by atoms with van der Waals surface area (Å²) in [4.78, 5) is 21.5. The number of carbonyl (C=O) groups is 1. The minimum absolute atomic E-state index is 0.0748. The summed E-state index contributed by atoms with van der Waals surface area (Å²) in [5, 5.41) is 0. The van der Waals surface area contributed by atoms with E-state index in [1.54, 1.807) is 6.20 Å². The molecule has 0 aliphatic carbocycles. The highest BCUT2D eigenvalue weighted by Gasteiger charge is 2.25. The van der Waals surface area contributed by atoms with E-state index in [4.69, 9.17) is 0 Å². The number of para-hydroxylation sites is 1. The fraction of sp³-hybridized carbons (Fsp3) is 0.250. The van der Waals surface area contributed by atoms with Crippen LogP contribution >= 0.6 is 0 Å². The van der Waals surface area contributed by atoms with Crippen LogP contribution in [0.1, 0.15) is 16.8 Å². The lowest BCUT2D eigenvalue weighted by Gasteiger charge is -2.23. The zero-order valence-corrected chi connectivity index (χ0v) is 16.2. The van der Waals surface area contributed by atoms with Gasteiger partial charge in [-0.1, -0.05) is 36.4 Å². The van der Waals surface area contributed by atoms with Crippen molar-refractivity contribution >= 4 is 11.6 Å². The van der Waals surface area contributed by atoms with Gasteiger partial charge in [-0.2, -0.15) is 0 Å². The maximum absolute atomic E-state index is 12.8. The van der Waals surface area contributed by atoms with Gasteiger partial charge in [-0.3, -0.25) is 9.78 Å². The molecule has 1 aliphatic rings. The summed E-state index contributed by atoms with van der Waals surface area (Å²) >= 11 is 0. The molecule has 0 radical (unpaired) electrons. The first-order chi connectivity index (χ1) is 13.7. The summed E-state index contributed by atoms with van der Waals surface area (Å²) in [6.45, 7) is 2.83. The Hall–Kier alpha value is -3.14. The number of anilines is 1. The molecule has 2 heterocycles. The number of rotatable bonds is 5. The zero-order valence-electron chi connectivity index (χ0n) is 16.2. The summed E-state index contributed by atoms with van der Waals surface area (Å²) in [7, 11) is 1.90. The minimum Gasteiger partial charge on any atom is -0.371 e. The van der Waals surface area contributed by atoms with Gasteiger partial charge in [-0.25, -0.2) is 0 Å². The molecule has 142 valence electrons. The standard InChI is InChI=1S/C24H25N3O/c1-26(17-19-14-16-27(18-19)22-7-3-2-4-8-22)24(28)21-12-10-20(11-13-21)23-9-5-6-15-25-23/h2-13,15,19H,14,16-18H2,1H3/t19-/m0/s1. The first-order valence-electron chi connectivity index (χ1n) is 9.77. The molecule has 4 nitrogen and oxygen atoms in total. The third-order valence-electron chi connectivity index (χ3n) is 5.38. The highest BCUT2D eigenvalue weighted by atomic mass is 16.2. The molecule has 4 heteroatoms. The Balaban J connectivity index is 1.36. The molecule has 0 spiro atoms. The normalized spacial score (nSPS) is 16.2. The van der Waals surface area contributed by atoms with Crippen LogP contribution in [0, 0.1) is 5.92 Å². The molecule has 4 rings (SSSR count). The summed E-state index contributed by atoms with van der Waals surface area (Å²) < 4.78 is 0. The average molecular weight is 371 g/mol. The molecule has 1 aliphatic heterocycles. The van der Waals surface area contributed by atoms with E-state index in [1.165, 1.54) is 5.69 Å². The molecule has 1 fully saturated rings. The summed E-state index contributed by atoms with van der Waals surface area (Å²) in [6.07, 6.45) is 2.90. The van der Waals surface area contributed by atoms with Crippen molar-refractivity contribution in [2.24, 2.45) is 5.92 Å². The molecule has 0 N–H and O–H groups in total. The Morgan fingerprint density at radius 2 is 1.79 bits per heavy atom. The van der Waals surface area contributed by atoms with Crippen molar-refractivity contribution in [3.05, 3.63) is 84.6 Å². The summed E-state index contributed by atoms with van der Waals surface area (Å²) in [5.41, 5.74) is 3.93. The van der Waals surface area contributed by atoms with E-state index in [1.807, 2.05) is 60.5 Å². The summed E-state index contributed by atoms with van der Waals surface area (Å²) in [6, 6.07) is 24.1. The molecule has 1 saturated heterocycles. The Bertz CT molecular complexity index is 910. The maximum Gasteiger partial charge on any atom is 0.253 e. The molecule has 28 heavy (non-hydrogen) atoms.